The third kappa shape index (κ3) is 1.07. The van der Waals surface area contributed by atoms with Gasteiger partial charge < -0.3 is 11.1 Å². The van der Waals surface area contributed by atoms with E-state index >= 15 is 0 Å². The number of nitrogens with one attached hydrogen (secondary N) is 2. The van der Waals surface area contributed by atoms with Crippen LogP contribution < -0.4 is 11.1 Å². The van der Waals surface area contributed by atoms with Crippen molar-refractivity contribution >= 4 is 11.7 Å². The minimum atomic E-state index is -0.482. The first-order valence-corrected chi connectivity index (χ1v) is 4.22. The molecule has 1 aromatic rings. The molecule has 13 heavy (non-hydrogen) atoms. The number of carbonyl (C=O) groups is 1. The molecule has 1 amide bonds. The van der Waals surface area contributed by atoms with Gasteiger partial charge in [0, 0.05) is 12.6 Å². The predicted octanol–water partition coefficient (Wildman–Crippen LogP) is -0.231. The van der Waals surface area contributed by atoms with Crippen LogP contribution in [-0.4, -0.2) is 22.6 Å². The number of carbonyl (C=O) groups excluding carboxylic acids is 1. The van der Waals surface area contributed by atoms with Crippen molar-refractivity contribution in [1.29, 1.82) is 0 Å². The zero-order valence-electron chi connectivity index (χ0n) is 7.42. The second-order valence-electron chi connectivity index (χ2n) is 3.54. The van der Waals surface area contributed by atoms with E-state index in [1.54, 1.807) is 6.07 Å². The fraction of sp³-hybridized carbons (Fsp3) is 0.500. The molecule has 0 radical (unpaired) electrons. The van der Waals surface area contributed by atoms with Crippen LogP contribution >= 0.6 is 0 Å². The Morgan fingerprint density at radius 1 is 1.69 bits per heavy atom. The van der Waals surface area contributed by atoms with Crippen LogP contribution in [0.3, 0.4) is 0 Å². The quantitative estimate of drug-likeness (QED) is 0.558. The number of rotatable bonds is 1. The summed E-state index contributed by atoms with van der Waals surface area (Å²) in [4.78, 5) is 11.5. The molecule has 0 aliphatic carbocycles. The molecule has 70 valence electrons. The van der Waals surface area contributed by atoms with Crippen molar-refractivity contribution in [3.63, 3.8) is 0 Å². The summed E-state index contributed by atoms with van der Waals surface area (Å²) in [5.41, 5.74) is 5.79. The van der Waals surface area contributed by atoms with Crippen LogP contribution in [0, 0.1) is 0 Å². The molecular weight excluding hydrogens is 168 g/mol. The number of hydrogen-bond acceptors (Lipinski definition) is 3. The number of nitrogen functional groups attached to an aromatic ring is 1. The van der Waals surface area contributed by atoms with Gasteiger partial charge in [-0.2, -0.15) is 5.10 Å². The van der Waals surface area contributed by atoms with Crippen molar-refractivity contribution < 1.29 is 4.79 Å². The molecule has 1 atom stereocenters. The molecule has 1 saturated heterocycles. The normalized spacial score (nSPS) is 27.6. The van der Waals surface area contributed by atoms with Crippen LogP contribution in [0.4, 0.5) is 5.82 Å². The Labute approximate surface area is 75.7 Å². The zero-order chi connectivity index (χ0) is 9.47. The number of amides is 1. The molecule has 0 aromatic carbocycles. The second-order valence-corrected chi connectivity index (χ2v) is 3.54. The molecule has 0 bridgehead atoms. The zero-order valence-corrected chi connectivity index (χ0v) is 7.42. The number of nitrogens with two attached hydrogens (primary N) is 1. The summed E-state index contributed by atoms with van der Waals surface area (Å²) in [7, 11) is 0. The average molecular weight is 180 g/mol. The Balaban J connectivity index is 2.39. The van der Waals surface area contributed by atoms with E-state index in [0.717, 1.165) is 12.1 Å². The van der Waals surface area contributed by atoms with Crippen molar-refractivity contribution in [3.05, 3.63) is 11.8 Å². The summed E-state index contributed by atoms with van der Waals surface area (Å²) >= 11 is 0. The van der Waals surface area contributed by atoms with Crippen LogP contribution in [0.5, 0.6) is 0 Å². The van der Waals surface area contributed by atoms with Crippen molar-refractivity contribution in [3.8, 4) is 0 Å². The number of nitrogens with zero attached hydrogens (tertiary/aromatic N) is 1. The number of anilines is 1. The molecule has 1 fully saturated rings. The SMILES string of the molecule is CC1(c2cc(N)n[nH]2)CCNC1=O. The van der Waals surface area contributed by atoms with Gasteiger partial charge >= 0.3 is 0 Å². The van der Waals surface area contributed by atoms with Crippen LogP contribution in [0.15, 0.2) is 6.07 Å². The Hall–Kier alpha value is -1.52. The largest absolute Gasteiger partial charge is 0.382 e. The minimum absolute atomic E-state index is 0.0381. The molecule has 1 aliphatic rings. The highest BCUT2D eigenvalue weighted by Gasteiger charge is 2.40. The van der Waals surface area contributed by atoms with Gasteiger partial charge in [-0.05, 0) is 13.3 Å². The summed E-state index contributed by atoms with van der Waals surface area (Å²) in [6.45, 7) is 2.61. The van der Waals surface area contributed by atoms with E-state index in [9.17, 15) is 4.79 Å². The highest BCUT2D eigenvalue weighted by molar-refractivity contribution is 5.89. The Morgan fingerprint density at radius 2 is 2.46 bits per heavy atom. The molecule has 4 N–H and O–H groups in total. The maximum Gasteiger partial charge on any atom is 0.232 e. The number of hydrogen-bond donors (Lipinski definition) is 3. The van der Waals surface area contributed by atoms with Gasteiger partial charge in [0.2, 0.25) is 5.91 Å². The van der Waals surface area contributed by atoms with Gasteiger partial charge in [0.05, 0.1) is 11.1 Å². The summed E-state index contributed by atoms with van der Waals surface area (Å²) in [5.74, 6) is 0.465. The number of aromatic nitrogens is 2. The van der Waals surface area contributed by atoms with Gasteiger partial charge in [-0.1, -0.05) is 0 Å². The monoisotopic (exact) mass is 180 g/mol. The van der Waals surface area contributed by atoms with E-state index in [1.165, 1.54) is 0 Å². The van der Waals surface area contributed by atoms with Crippen molar-refractivity contribution in [2.75, 3.05) is 12.3 Å². The summed E-state index contributed by atoms with van der Waals surface area (Å²) in [5, 5.41) is 9.39. The first kappa shape index (κ1) is 8.10. The third-order valence-corrected chi connectivity index (χ3v) is 2.60. The van der Waals surface area contributed by atoms with E-state index in [-0.39, 0.29) is 5.91 Å². The number of aromatic amines is 1. The maximum atomic E-state index is 11.5. The minimum Gasteiger partial charge on any atom is -0.382 e. The molecule has 1 unspecified atom stereocenters. The van der Waals surface area contributed by atoms with E-state index in [4.69, 9.17) is 5.73 Å². The molecule has 1 aromatic heterocycles. The van der Waals surface area contributed by atoms with Crippen molar-refractivity contribution in [2.24, 2.45) is 0 Å². The lowest BCUT2D eigenvalue weighted by molar-refractivity contribution is -0.123. The van der Waals surface area contributed by atoms with E-state index in [2.05, 4.69) is 15.5 Å². The average Bonchev–Trinajstić information content (AvgIpc) is 2.62. The first-order chi connectivity index (χ1) is 6.13. The number of H-pyrrole nitrogens is 1. The molecule has 5 nitrogen and oxygen atoms in total. The Morgan fingerprint density at radius 3 is 2.92 bits per heavy atom. The van der Waals surface area contributed by atoms with Gasteiger partial charge in [-0.3, -0.25) is 9.89 Å². The van der Waals surface area contributed by atoms with Gasteiger partial charge in [-0.25, -0.2) is 0 Å². The summed E-state index contributed by atoms with van der Waals surface area (Å²) < 4.78 is 0. The summed E-state index contributed by atoms with van der Waals surface area (Å²) in [6.07, 6.45) is 0.785. The lowest BCUT2D eigenvalue weighted by Crippen LogP contribution is -2.32. The second kappa shape index (κ2) is 2.48. The van der Waals surface area contributed by atoms with E-state index in [1.807, 2.05) is 6.92 Å². The molecule has 2 heterocycles. The maximum absolute atomic E-state index is 11.5. The van der Waals surface area contributed by atoms with Crippen LogP contribution in [-0.2, 0) is 10.2 Å². The van der Waals surface area contributed by atoms with Crippen LogP contribution in [0.25, 0.3) is 0 Å². The highest BCUT2D eigenvalue weighted by atomic mass is 16.2. The van der Waals surface area contributed by atoms with E-state index < -0.39 is 5.41 Å². The standard InChI is InChI=1S/C8H12N4O/c1-8(2-3-10-7(8)13)5-4-6(9)12-11-5/h4H,2-3H2,1H3,(H,10,13)(H3,9,11,12). The molecule has 1 aliphatic heterocycles. The Kier molecular flexibility index (Phi) is 1.55. The topological polar surface area (TPSA) is 83.8 Å². The van der Waals surface area contributed by atoms with Crippen molar-refractivity contribution in [1.82, 2.24) is 15.5 Å². The molecule has 2 rings (SSSR count). The predicted molar refractivity (Wildman–Crippen MR) is 48.0 cm³/mol. The third-order valence-electron chi connectivity index (χ3n) is 2.60. The molecule has 5 heteroatoms. The fourth-order valence-corrected chi connectivity index (χ4v) is 1.61. The molecule has 0 saturated carbocycles. The van der Waals surface area contributed by atoms with Crippen LogP contribution in [0.2, 0.25) is 0 Å². The van der Waals surface area contributed by atoms with Gasteiger partial charge in [0.1, 0.15) is 5.82 Å². The lowest BCUT2D eigenvalue weighted by Gasteiger charge is -2.17. The van der Waals surface area contributed by atoms with Gasteiger partial charge in [-0.15, -0.1) is 0 Å². The summed E-state index contributed by atoms with van der Waals surface area (Å²) in [6, 6.07) is 1.71. The van der Waals surface area contributed by atoms with Crippen LogP contribution in [0.1, 0.15) is 19.0 Å². The smallest absolute Gasteiger partial charge is 0.232 e. The van der Waals surface area contributed by atoms with E-state index in [0.29, 0.717) is 12.4 Å². The lowest BCUT2D eigenvalue weighted by atomic mass is 9.85. The highest BCUT2D eigenvalue weighted by Crippen LogP contribution is 2.30. The van der Waals surface area contributed by atoms with Gasteiger partial charge in [0.15, 0.2) is 0 Å². The Bertz CT molecular complexity index is 346. The van der Waals surface area contributed by atoms with Gasteiger partial charge in [0.25, 0.3) is 0 Å². The molecule has 0 spiro atoms. The fourth-order valence-electron chi connectivity index (χ4n) is 1.61. The van der Waals surface area contributed by atoms with Crippen molar-refractivity contribution in [2.45, 2.75) is 18.8 Å². The first-order valence-electron chi connectivity index (χ1n) is 4.22. The molecular formula is C8H12N4O.